The molecule has 3 heterocycles. The fourth-order valence-corrected chi connectivity index (χ4v) is 5.50. The predicted octanol–water partition coefficient (Wildman–Crippen LogP) is 2.80. The number of anilines is 1. The van der Waals surface area contributed by atoms with Gasteiger partial charge in [-0.25, -0.2) is 0 Å². The van der Waals surface area contributed by atoms with Gasteiger partial charge in [-0.3, -0.25) is 29.1 Å². The minimum Gasteiger partial charge on any atom is -0.348 e. The highest BCUT2D eigenvalue weighted by Crippen LogP contribution is 2.39. The van der Waals surface area contributed by atoms with E-state index in [4.69, 9.17) is 0 Å². The van der Waals surface area contributed by atoms with Crippen LogP contribution in [0.3, 0.4) is 0 Å². The first-order valence-corrected chi connectivity index (χ1v) is 11.4. The van der Waals surface area contributed by atoms with E-state index in [1.165, 1.54) is 11.3 Å². The molecule has 0 atom stereocenters. The van der Waals surface area contributed by atoms with Gasteiger partial charge in [0, 0.05) is 23.8 Å². The van der Waals surface area contributed by atoms with Gasteiger partial charge in [0.2, 0.25) is 5.91 Å². The largest absolute Gasteiger partial charge is 0.348 e. The molecule has 2 aliphatic rings. The quantitative estimate of drug-likeness (QED) is 0.550. The van der Waals surface area contributed by atoms with Crippen molar-refractivity contribution in [3.63, 3.8) is 0 Å². The van der Waals surface area contributed by atoms with Crippen LogP contribution in [0.5, 0.6) is 0 Å². The average molecular weight is 461 g/mol. The van der Waals surface area contributed by atoms with Crippen molar-refractivity contribution in [2.75, 3.05) is 11.9 Å². The zero-order valence-electron chi connectivity index (χ0n) is 17.6. The molecule has 3 aromatic rings. The van der Waals surface area contributed by atoms with E-state index in [2.05, 4.69) is 15.6 Å². The summed E-state index contributed by atoms with van der Waals surface area (Å²) in [7, 11) is 0. The molecule has 0 saturated heterocycles. The van der Waals surface area contributed by atoms with E-state index in [9.17, 15) is 19.2 Å². The Kier molecular flexibility index (Phi) is 5.47. The molecule has 1 aliphatic carbocycles. The summed E-state index contributed by atoms with van der Waals surface area (Å²) in [6, 6.07) is 10.2. The normalized spacial score (nSPS) is 14.2. The number of benzene rings is 1. The number of nitrogens with zero attached hydrogens (tertiary/aromatic N) is 2. The predicted molar refractivity (Wildman–Crippen MR) is 122 cm³/mol. The summed E-state index contributed by atoms with van der Waals surface area (Å²) < 4.78 is 0. The number of thiophene rings is 1. The highest BCUT2D eigenvalue weighted by Gasteiger charge is 2.36. The zero-order valence-corrected chi connectivity index (χ0v) is 18.4. The van der Waals surface area contributed by atoms with Gasteiger partial charge >= 0.3 is 0 Å². The van der Waals surface area contributed by atoms with Crippen molar-refractivity contribution in [2.24, 2.45) is 0 Å². The topological polar surface area (TPSA) is 108 Å². The van der Waals surface area contributed by atoms with Crippen LogP contribution < -0.4 is 10.6 Å². The number of pyridine rings is 1. The van der Waals surface area contributed by atoms with Gasteiger partial charge < -0.3 is 10.6 Å². The van der Waals surface area contributed by atoms with Gasteiger partial charge in [-0.15, -0.1) is 11.3 Å². The van der Waals surface area contributed by atoms with Crippen molar-refractivity contribution in [1.82, 2.24) is 15.2 Å². The molecule has 0 fully saturated rings. The number of carbonyl (C=O) groups is 4. The third-order valence-corrected chi connectivity index (χ3v) is 6.96. The summed E-state index contributed by atoms with van der Waals surface area (Å²) in [6.45, 7) is -0.0919. The Morgan fingerprint density at radius 3 is 2.48 bits per heavy atom. The molecule has 166 valence electrons. The second kappa shape index (κ2) is 8.59. The Hall–Kier alpha value is -3.85. The molecule has 1 aromatic carbocycles. The van der Waals surface area contributed by atoms with E-state index in [1.54, 1.807) is 42.7 Å². The van der Waals surface area contributed by atoms with Crippen LogP contribution in [0.4, 0.5) is 5.00 Å². The SMILES string of the molecule is O=C(CN1C(=O)c2ccccc2C1=O)Nc1sc2c(c1C(=O)NCc1cccnc1)CCC2. The van der Waals surface area contributed by atoms with E-state index >= 15 is 0 Å². The molecule has 0 bridgehead atoms. The number of hydrogen-bond donors (Lipinski definition) is 2. The van der Waals surface area contributed by atoms with Gasteiger partial charge in [0.05, 0.1) is 16.7 Å². The highest BCUT2D eigenvalue weighted by atomic mass is 32.1. The Morgan fingerprint density at radius 2 is 1.79 bits per heavy atom. The zero-order chi connectivity index (χ0) is 22.9. The smallest absolute Gasteiger partial charge is 0.262 e. The molecule has 5 rings (SSSR count). The summed E-state index contributed by atoms with van der Waals surface area (Å²) in [5, 5.41) is 6.12. The van der Waals surface area contributed by atoms with Crippen molar-refractivity contribution in [3.8, 4) is 0 Å². The maximum atomic E-state index is 13.0. The Bertz CT molecular complexity index is 1250. The standard InChI is InChI=1S/C24H20N4O4S/c29-19(13-28-23(31)15-6-1-2-7-16(15)24(28)32)27-22-20(17-8-3-9-18(17)33-22)21(30)26-12-14-5-4-10-25-11-14/h1-2,4-7,10-11H,3,8-9,12-13H2,(H,26,30)(H,27,29). The van der Waals surface area contributed by atoms with E-state index in [0.717, 1.165) is 40.2 Å². The molecular weight excluding hydrogens is 440 g/mol. The molecule has 8 nitrogen and oxygen atoms in total. The minimum absolute atomic E-state index is 0.269. The van der Waals surface area contributed by atoms with Crippen LogP contribution >= 0.6 is 11.3 Å². The van der Waals surface area contributed by atoms with Crippen LogP contribution in [-0.4, -0.2) is 40.1 Å². The highest BCUT2D eigenvalue weighted by molar-refractivity contribution is 7.17. The molecule has 4 amide bonds. The summed E-state index contributed by atoms with van der Waals surface area (Å²) in [5.41, 5.74) is 2.88. The Labute approximate surface area is 193 Å². The lowest BCUT2D eigenvalue weighted by Gasteiger charge is -2.14. The maximum absolute atomic E-state index is 13.0. The number of aromatic nitrogens is 1. The van der Waals surface area contributed by atoms with Crippen LogP contribution in [0, 0.1) is 0 Å². The maximum Gasteiger partial charge on any atom is 0.262 e. The number of aryl methyl sites for hydroxylation is 1. The average Bonchev–Trinajstić information content (AvgIpc) is 3.47. The van der Waals surface area contributed by atoms with Gasteiger partial charge in [-0.2, -0.15) is 0 Å². The van der Waals surface area contributed by atoms with Gasteiger partial charge in [0.25, 0.3) is 17.7 Å². The molecule has 2 N–H and O–H groups in total. The Balaban J connectivity index is 1.32. The first-order valence-electron chi connectivity index (χ1n) is 10.6. The number of rotatable bonds is 6. The summed E-state index contributed by atoms with van der Waals surface area (Å²) in [6.07, 6.45) is 5.95. The van der Waals surface area contributed by atoms with Crippen molar-refractivity contribution in [1.29, 1.82) is 0 Å². The first-order chi connectivity index (χ1) is 16.0. The number of hydrogen-bond acceptors (Lipinski definition) is 6. The third-order valence-electron chi connectivity index (χ3n) is 5.76. The molecule has 0 radical (unpaired) electrons. The Morgan fingerprint density at radius 1 is 1.03 bits per heavy atom. The number of nitrogens with one attached hydrogen (secondary N) is 2. The van der Waals surface area contributed by atoms with E-state index in [0.29, 0.717) is 28.2 Å². The molecule has 0 saturated carbocycles. The molecule has 1 aliphatic heterocycles. The molecule has 0 spiro atoms. The van der Waals surface area contributed by atoms with Crippen LogP contribution in [-0.2, 0) is 24.2 Å². The van der Waals surface area contributed by atoms with Crippen LogP contribution in [0.25, 0.3) is 0 Å². The lowest BCUT2D eigenvalue weighted by Crippen LogP contribution is -2.37. The first kappa shape index (κ1) is 21.0. The fourth-order valence-electron chi connectivity index (χ4n) is 4.20. The number of carbonyl (C=O) groups excluding carboxylic acids is 4. The minimum atomic E-state index is -0.522. The van der Waals surface area contributed by atoms with E-state index in [1.807, 2.05) is 6.07 Å². The van der Waals surface area contributed by atoms with E-state index < -0.39 is 24.3 Å². The van der Waals surface area contributed by atoms with E-state index in [-0.39, 0.29) is 5.91 Å². The van der Waals surface area contributed by atoms with Gasteiger partial charge in [0.1, 0.15) is 11.5 Å². The summed E-state index contributed by atoms with van der Waals surface area (Å²) in [5.74, 6) is -1.78. The van der Waals surface area contributed by atoms with Crippen molar-refractivity contribution < 1.29 is 19.2 Å². The molecule has 9 heteroatoms. The number of fused-ring (bicyclic) bond motifs is 2. The van der Waals surface area contributed by atoms with Gasteiger partial charge in [0.15, 0.2) is 0 Å². The van der Waals surface area contributed by atoms with Crippen LogP contribution in [0.2, 0.25) is 0 Å². The van der Waals surface area contributed by atoms with Crippen molar-refractivity contribution >= 4 is 40.0 Å². The molecular formula is C24H20N4O4S. The van der Waals surface area contributed by atoms with Gasteiger partial charge in [-0.1, -0.05) is 18.2 Å². The fraction of sp³-hybridized carbons (Fsp3) is 0.208. The summed E-state index contributed by atoms with van der Waals surface area (Å²) in [4.78, 5) is 57.0. The summed E-state index contributed by atoms with van der Waals surface area (Å²) >= 11 is 1.38. The van der Waals surface area contributed by atoms with Crippen LogP contribution in [0.1, 0.15) is 53.5 Å². The number of imide groups is 1. The molecule has 2 aromatic heterocycles. The van der Waals surface area contributed by atoms with Crippen molar-refractivity contribution in [2.45, 2.75) is 25.8 Å². The lowest BCUT2D eigenvalue weighted by molar-refractivity contribution is -0.116. The van der Waals surface area contributed by atoms with Gasteiger partial charge in [-0.05, 0) is 48.6 Å². The molecule has 33 heavy (non-hydrogen) atoms. The lowest BCUT2D eigenvalue weighted by atomic mass is 10.1. The van der Waals surface area contributed by atoms with Crippen molar-refractivity contribution in [3.05, 3.63) is 81.5 Å². The number of amides is 4. The second-order valence-corrected chi connectivity index (χ2v) is 9.00. The van der Waals surface area contributed by atoms with Crippen LogP contribution in [0.15, 0.2) is 48.8 Å². The molecule has 0 unspecified atom stereocenters. The third kappa shape index (κ3) is 3.91. The second-order valence-electron chi connectivity index (χ2n) is 7.90. The monoisotopic (exact) mass is 460 g/mol.